The van der Waals surface area contributed by atoms with Crippen molar-refractivity contribution in [2.24, 2.45) is 0 Å². The Morgan fingerprint density at radius 2 is 1.90 bits per heavy atom. The highest BCUT2D eigenvalue weighted by Crippen LogP contribution is 2.26. The number of pyridine rings is 1. The van der Waals surface area contributed by atoms with Gasteiger partial charge in [-0.05, 0) is 24.6 Å². The van der Waals surface area contributed by atoms with Crippen LogP contribution in [0.5, 0.6) is 0 Å². The monoisotopic (exact) mass is 274 g/mol. The van der Waals surface area contributed by atoms with E-state index in [9.17, 15) is 0 Å². The Hall–Kier alpha value is -2.88. The van der Waals surface area contributed by atoms with Gasteiger partial charge in [-0.2, -0.15) is 0 Å². The maximum absolute atomic E-state index is 4.72. The maximum atomic E-state index is 4.72. The van der Waals surface area contributed by atoms with Crippen LogP contribution < -0.4 is 0 Å². The number of fused-ring (bicyclic) bond motifs is 1. The Balaban J connectivity index is 1.93. The number of para-hydroxylation sites is 1. The molecule has 4 rings (SSSR count). The summed E-state index contributed by atoms with van der Waals surface area (Å²) in [4.78, 5) is 8.85. The Morgan fingerprint density at radius 1 is 1.00 bits per heavy atom. The molecular weight excluding hydrogens is 260 g/mol. The zero-order chi connectivity index (χ0) is 14.2. The van der Waals surface area contributed by atoms with Crippen LogP contribution in [0.3, 0.4) is 0 Å². The van der Waals surface area contributed by atoms with Crippen LogP contribution in [0.2, 0.25) is 0 Å². The van der Waals surface area contributed by atoms with Crippen LogP contribution in [0.4, 0.5) is 0 Å². The summed E-state index contributed by atoms with van der Waals surface area (Å²) in [5.74, 6) is 0. The SMILES string of the molecule is Cc1ccc2nc(-c3ccccc3-n3ccnc3)cn2c1. The molecule has 4 heteroatoms. The quantitative estimate of drug-likeness (QED) is 0.561. The minimum atomic E-state index is 0.955. The summed E-state index contributed by atoms with van der Waals surface area (Å²) < 4.78 is 4.07. The molecule has 0 saturated heterocycles. The van der Waals surface area contributed by atoms with E-state index in [0.717, 1.165) is 22.6 Å². The Labute approximate surface area is 122 Å². The van der Waals surface area contributed by atoms with Gasteiger partial charge in [0.2, 0.25) is 0 Å². The third kappa shape index (κ3) is 2.01. The molecule has 3 aromatic heterocycles. The molecule has 0 amide bonds. The number of rotatable bonds is 2. The van der Waals surface area contributed by atoms with Gasteiger partial charge in [0.1, 0.15) is 5.65 Å². The van der Waals surface area contributed by atoms with Crippen LogP contribution in [0, 0.1) is 6.92 Å². The number of hydrogen-bond donors (Lipinski definition) is 0. The molecule has 0 saturated carbocycles. The molecule has 0 radical (unpaired) electrons. The second-order valence-corrected chi connectivity index (χ2v) is 5.09. The molecule has 4 nitrogen and oxygen atoms in total. The van der Waals surface area contributed by atoms with Gasteiger partial charge in [-0.25, -0.2) is 9.97 Å². The molecule has 102 valence electrons. The third-order valence-electron chi connectivity index (χ3n) is 3.56. The summed E-state index contributed by atoms with van der Waals surface area (Å²) in [6.45, 7) is 2.08. The second kappa shape index (κ2) is 4.59. The van der Waals surface area contributed by atoms with Crippen molar-refractivity contribution in [3.05, 3.63) is 73.1 Å². The van der Waals surface area contributed by atoms with Crippen molar-refractivity contribution in [1.82, 2.24) is 18.9 Å². The Bertz CT molecular complexity index is 904. The van der Waals surface area contributed by atoms with Gasteiger partial charge in [-0.3, -0.25) is 0 Å². The molecule has 0 N–H and O–H groups in total. The summed E-state index contributed by atoms with van der Waals surface area (Å²) in [7, 11) is 0. The third-order valence-corrected chi connectivity index (χ3v) is 3.56. The van der Waals surface area contributed by atoms with E-state index in [1.165, 1.54) is 5.56 Å². The molecule has 0 fully saturated rings. The van der Waals surface area contributed by atoms with Gasteiger partial charge in [0.05, 0.1) is 17.7 Å². The molecule has 0 aliphatic rings. The van der Waals surface area contributed by atoms with Gasteiger partial charge >= 0.3 is 0 Å². The van der Waals surface area contributed by atoms with Crippen molar-refractivity contribution < 1.29 is 0 Å². The lowest BCUT2D eigenvalue weighted by Crippen LogP contribution is -1.93. The van der Waals surface area contributed by atoms with Gasteiger partial charge in [0.25, 0.3) is 0 Å². The van der Waals surface area contributed by atoms with Gasteiger partial charge in [0, 0.05) is 30.4 Å². The molecule has 0 unspecified atom stereocenters. The minimum Gasteiger partial charge on any atom is -0.306 e. The smallest absolute Gasteiger partial charge is 0.137 e. The van der Waals surface area contributed by atoms with Crippen molar-refractivity contribution in [3.63, 3.8) is 0 Å². The van der Waals surface area contributed by atoms with Crippen LogP contribution in [-0.2, 0) is 0 Å². The minimum absolute atomic E-state index is 0.955. The predicted octanol–water partition coefficient (Wildman–Crippen LogP) is 3.50. The van der Waals surface area contributed by atoms with Gasteiger partial charge in [-0.15, -0.1) is 0 Å². The van der Waals surface area contributed by atoms with E-state index in [-0.39, 0.29) is 0 Å². The molecule has 0 aliphatic heterocycles. The summed E-state index contributed by atoms with van der Waals surface area (Å²) in [5, 5.41) is 0. The van der Waals surface area contributed by atoms with E-state index in [2.05, 4.69) is 46.9 Å². The first kappa shape index (κ1) is 11.9. The number of hydrogen-bond acceptors (Lipinski definition) is 2. The first-order valence-corrected chi connectivity index (χ1v) is 6.84. The zero-order valence-electron chi connectivity index (χ0n) is 11.6. The van der Waals surface area contributed by atoms with Crippen LogP contribution in [0.15, 0.2) is 67.5 Å². The molecule has 1 aromatic carbocycles. The molecule has 3 heterocycles. The van der Waals surface area contributed by atoms with E-state index >= 15 is 0 Å². The van der Waals surface area contributed by atoms with Gasteiger partial charge < -0.3 is 8.97 Å². The van der Waals surface area contributed by atoms with E-state index < -0.39 is 0 Å². The van der Waals surface area contributed by atoms with Crippen LogP contribution in [0.1, 0.15) is 5.56 Å². The highest BCUT2D eigenvalue weighted by molar-refractivity contribution is 5.71. The fraction of sp³-hybridized carbons (Fsp3) is 0.0588. The van der Waals surface area contributed by atoms with Crippen molar-refractivity contribution in [1.29, 1.82) is 0 Å². The second-order valence-electron chi connectivity index (χ2n) is 5.09. The number of benzene rings is 1. The average molecular weight is 274 g/mol. The number of aryl methyl sites for hydroxylation is 1. The summed E-state index contributed by atoms with van der Waals surface area (Å²) >= 11 is 0. The van der Waals surface area contributed by atoms with Crippen molar-refractivity contribution in [2.75, 3.05) is 0 Å². The predicted molar refractivity (Wildman–Crippen MR) is 82.5 cm³/mol. The fourth-order valence-corrected chi connectivity index (χ4v) is 2.55. The summed E-state index contributed by atoms with van der Waals surface area (Å²) in [5.41, 5.74) is 5.31. The van der Waals surface area contributed by atoms with Crippen LogP contribution in [-0.4, -0.2) is 18.9 Å². The zero-order valence-corrected chi connectivity index (χ0v) is 11.6. The lowest BCUT2D eigenvalue weighted by atomic mass is 10.1. The Morgan fingerprint density at radius 3 is 2.76 bits per heavy atom. The molecule has 0 spiro atoms. The lowest BCUT2D eigenvalue weighted by molar-refractivity contribution is 1.06. The lowest BCUT2D eigenvalue weighted by Gasteiger charge is -2.07. The maximum Gasteiger partial charge on any atom is 0.137 e. The number of aromatic nitrogens is 4. The first-order valence-electron chi connectivity index (χ1n) is 6.84. The van der Waals surface area contributed by atoms with Gasteiger partial charge in [-0.1, -0.05) is 24.3 Å². The van der Waals surface area contributed by atoms with E-state index in [4.69, 9.17) is 4.98 Å². The highest BCUT2D eigenvalue weighted by Gasteiger charge is 2.10. The van der Waals surface area contributed by atoms with Gasteiger partial charge in [0.15, 0.2) is 0 Å². The summed E-state index contributed by atoms with van der Waals surface area (Å²) in [6.07, 6.45) is 9.69. The topological polar surface area (TPSA) is 35.1 Å². The van der Waals surface area contributed by atoms with Crippen LogP contribution >= 0.6 is 0 Å². The fourth-order valence-electron chi connectivity index (χ4n) is 2.55. The first-order chi connectivity index (χ1) is 10.3. The molecule has 0 bridgehead atoms. The normalized spacial score (nSPS) is 11.1. The molecule has 4 aromatic rings. The largest absolute Gasteiger partial charge is 0.306 e. The molecular formula is C17H14N4. The van der Waals surface area contributed by atoms with Crippen molar-refractivity contribution in [2.45, 2.75) is 6.92 Å². The van der Waals surface area contributed by atoms with Crippen LogP contribution in [0.25, 0.3) is 22.6 Å². The highest BCUT2D eigenvalue weighted by atomic mass is 15.0. The van der Waals surface area contributed by atoms with E-state index in [1.54, 1.807) is 12.5 Å². The number of nitrogens with zero attached hydrogens (tertiary/aromatic N) is 4. The summed E-state index contributed by atoms with van der Waals surface area (Å²) in [6, 6.07) is 12.3. The molecule has 21 heavy (non-hydrogen) atoms. The van der Waals surface area contributed by atoms with E-state index in [1.807, 2.05) is 29.0 Å². The van der Waals surface area contributed by atoms with E-state index in [0.29, 0.717) is 0 Å². The molecule has 0 aliphatic carbocycles. The number of imidazole rings is 2. The average Bonchev–Trinajstić information content (AvgIpc) is 3.16. The standard InChI is InChI=1S/C17H14N4/c1-13-6-7-17-19-15(11-21(17)10-13)14-4-2-3-5-16(14)20-9-8-18-12-20/h2-12H,1H3. The van der Waals surface area contributed by atoms with Crippen molar-refractivity contribution >= 4 is 5.65 Å². The molecule has 0 atom stereocenters. The van der Waals surface area contributed by atoms with Crippen molar-refractivity contribution in [3.8, 4) is 16.9 Å². The Kier molecular flexibility index (Phi) is 2.60.